The first-order valence-electron chi connectivity index (χ1n) is 7.79. The van der Waals surface area contributed by atoms with Crippen LogP contribution in [-0.4, -0.2) is 34.3 Å². The zero-order valence-electron chi connectivity index (χ0n) is 13.9. The molecular weight excluding hydrogens is 324 g/mol. The minimum atomic E-state index is -1.04. The van der Waals surface area contributed by atoms with Crippen LogP contribution in [0.4, 0.5) is 0 Å². The van der Waals surface area contributed by atoms with Crippen molar-refractivity contribution in [3.63, 3.8) is 0 Å². The zero-order valence-corrected chi connectivity index (χ0v) is 13.9. The van der Waals surface area contributed by atoms with Gasteiger partial charge in [0.15, 0.2) is 11.5 Å². The van der Waals surface area contributed by atoms with Gasteiger partial charge in [-0.05, 0) is 42.8 Å². The maximum atomic E-state index is 12.3. The van der Waals surface area contributed by atoms with Gasteiger partial charge in [0.05, 0.1) is 36.9 Å². The number of ether oxygens (including phenoxy) is 2. The van der Waals surface area contributed by atoms with Gasteiger partial charge in [-0.15, -0.1) is 0 Å². The van der Waals surface area contributed by atoms with E-state index in [2.05, 4.69) is 4.98 Å². The standard InChI is InChI=1S/C18H18N2O5/c1-3-25-16-8-11(4-7-15(16)24-2)10-20-14-6-5-12(17(21)22)9-13(14)19-18(20)23/h4-9H,3,10H2,1-2H3,(H,19,23)(H,21,22). The molecule has 2 N–H and O–H groups in total. The molecule has 0 bridgehead atoms. The van der Waals surface area contributed by atoms with Crippen molar-refractivity contribution in [1.29, 1.82) is 0 Å². The number of carboxylic acid groups (broad SMARTS) is 1. The van der Waals surface area contributed by atoms with E-state index in [4.69, 9.17) is 14.6 Å². The van der Waals surface area contributed by atoms with Gasteiger partial charge in [-0.1, -0.05) is 6.07 Å². The fourth-order valence-electron chi connectivity index (χ4n) is 2.72. The summed E-state index contributed by atoms with van der Waals surface area (Å²) in [6.07, 6.45) is 0. The lowest BCUT2D eigenvalue weighted by atomic mass is 10.1. The van der Waals surface area contributed by atoms with Crippen molar-refractivity contribution >= 4 is 17.0 Å². The van der Waals surface area contributed by atoms with Crippen LogP contribution in [-0.2, 0) is 6.54 Å². The van der Waals surface area contributed by atoms with Crippen LogP contribution >= 0.6 is 0 Å². The lowest BCUT2D eigenvalue weighted by Gasteiger charge is -2.11. The highest BCUT2D eigenvalue weighted by atomic mass is 16.5. The van der Waals surface area contributed by atoms with E-state index >= 15 is 0 Å². The number of methoxy groups -OCH3 is 1. The second kappa shape index (κ2) is 6.72. The number of aromatic carboxylic acids is 1. The second-order valence-electron chi connectivity index (χ2n) is 5.47. The van der Waals surface area contributed by atoms with Crippen LogP contribution in [0.5, 0.6) is 11.5 Å². The van der Waals surface area contributed by atoms with Crippen LogP contribution in [0.3, 0.4) is 0 Å². The maximum absolute atomic E-state index is 12.3. The predicted octanol–water partition coefficient (Wildman–Crippen LogP) is 2.48. The van der Waals surface area contributed by atoms with Crippen LogP contribution in [0.2, 0.25) is 0 Å². The number of benzene rings is 2. The molecule has 0 radical (unpaired) electrons. The molecule has 0 saturated carbocycles. The van der Waals surface area contributed by atoms with Crippen molar-refractivity contribution in [3.8, 4) is 11.5 Å². The molecule has 1 aromatic heterocycles. The van der Waals surface area contributed by atoms with Crippen molar-refractivity contribution in [1.82, 2.24) is 9.55 Å². The van der Waals surface area contributed by atoms with Crippen LogP contribution in [0.25, 0.3) is 11.0 Å². The van der Waals surface area contributed by atoms with Crippen LogP contribution in [0, 0.1) is 0 Å². The molecule has 7 heteroatoms. The average Bonchev–Trinajstić information content (AvgIpc) is 2.90. The summed E-state index contributed by atoms with van der Waals surface area (Å²) in [6, 6.07) is 10.0. The Morgan fingerprint density at radius 1 is 1.20 bits per heavy atom. The molecule has 130 valence electrons. The van der Waals surface area contributed by atoms with Crippen molar-refractivity contribution in [2.45, 2.75) is 13.5 Å². The number of nitrogens with one attached hydrogen (secondary N) is 1. The summed E-state index contributed by atoms with van der Waals surface area (Å²) in [5, 5.41) is 9.06. The summed E-state index contributed by atoms with van der Waals surface area (Å²) in [7, 11) is 1.57. The fraction of sp³-hybridized carbons (Fsp3) is 0.222. The summed E-state index contributed by atoms with van der Waals surface area (Å²) in [4.78, 5) is 26.0. The van der Waals surface area contributed by atoms with E-state index in [9.17, 15) is 9.59 Å². The highest BCUT2D eigenvalue weighted by Gasteiger charge is 2.12. The summed E-state index contributed by atoms with van der Waals surface area (Å²) < 4.78 is 12.4. The molecule has 7 nitrogen and oxygen atoms in total. The van der Waals surface area contributed by atoms with E-state index in [1.54, 1.807) is 23.8 Å². The molecular formula is C18H18N2O5. The van der Waals surface area contributed by atoms with Crippen LogP contribution < -0.4 is 15.2 Å². The summed E-state index contributed by atoms with van der Waals surface area (Å²) in [5.41, 5.74) is 1.83. The third-order valence-electron chi connectivity index (χ3n) is 3.89. The average molecular weight is 342 g/mol. The number of aromatic amines is 1. The molecule has 0 aliphatic rings. The van der Waals surface area contributed by atoms with Crippen molar-refractivity contribution in [3.05, 3.63) is 58.0 Å². The Bertz CT molecular complexity index is 987. The van der Waals surface area contributed by atoms with Gasteiger partial charge in [0.25, 0.3) is 0 Å². The molecule has 0 aliphatic heterocycles. The summed E-state index contributed by atoms with van der Waals surface area (Å²) >= 11 is 0. The monoisotopic (exact) mass is 342 g/mol. The SMILES string of the molecule is CCOc1cc(Cn2c(=O)[nH]c3cc(C(=O)O)ccc32)ccc1OC. The number of fused-ring (bicyclic) bond motifs is 1. The van der Waals surface area contributed by atoms with Crippen molar-refractivity contribution in [2.75, 3.05) is 13.7 Å². The van der Waals surface area contributed by atoms with E-state index in [0.29, 0.717) is 35.7 Å². The number of hydrogen-bond acceptors (Lipinski definition) is 4. The number of carboxylic acids is 1. The van der Waals surface area contributed by atoms with Gasteiger partial charge in [0, 0.05) is 0 Å². The van der Waals surface area contributed by atoms with Crippen LogP contribution in [0.15, 0.2) is 41.2 Å². The smallest absolute Gasteiger partial charge is 0.335 e. The Kier molecular flexibility index (Phi) is 4.47. The van der Waals surface area contributed by atoms with Gasteiger partial charge in [0.1, 0.15) is 0 Å². The van der Waals surface area contributed by atoms with Gasteiger partial charge < -0.3 is 19.6 Å². The van der Waals surface area contributed by atoms with Gasteiger partial charge >= 0.3 is 11.7 Å². The number of hydrogen-bond donors (Lipinski definition) is 2. The Labute approximate surface area is 143 Å². The second-order valence-corrected chi connectivity index (χ2v) is 5.47. The first kappa shape index (κ1) is 16.6. The van der Waals surface area contributed by atoms with E-state index in [0.717, 1.165) is 5.56 Å². The minimum Gasteiger partial charge on any atom is -0.493 e. The number of nitrogens with zero attached hydrogens (tertiary/aromatic N) is 1. The molecule has 0 saturated heterocycles. The molecule has 0 aliphatic carbocycles. The molecule has 3 aromatic rings. The molecule has 0 fully saturated rings. The zero-order chi connectivity index (χ0) is 18.0. The van der Waals surface area contributed by atoms with Gasteiger partial charge in [-0.2, -0.15) is 0 Å². The number of H-pyrrole nitrogens is 1. The minimum absolute atomic E-state index is 0.129. The molecule has 3 rings (SSSR count). The number of carbonyl (C=O) groups is 1. The maximum Gasteiger partial charge on any atom is 0.335 e. The lowest BCUT2D eigenvalue weighted by molar-refractivity contribution is 0.0697. The largest absolute Gasteiger partial charge is 0.493 e. The Balaban J connectivity index is 2.00. The number of rotatable bonds is 6. The normalized spacial score (nSPS) is 10.8. The highest BCUT2D eigenvalue weighted by molar-refractivity contribution is 5.92. The third kappa shape index (κ3) is 3.21. The Hall–Kier alpha value is -3.22. The highest BCUT2D eigenvalue weighted by Crippen LogP contribution is 2.28. The van der Waals surface area contributed by atoms with E-state index in [1.165, 1.54) is 12.1 Å². The number of imidazole rings is 1. The van der Waals surface area contributed by atoms with E-state index < -0.39 is 5.97 Å². The quantitative estimate of drug-likeness (QED) is 0.718. The van der Waals surface area contributed by atoms with Crippen molar-refractivity contribution in [2.24, 2.45) is 0 Å². The summed E-state index contributed by atoms with van der Waals surface area (Å²) in [6.45, 7) is 2.72. The molecule has 0 unspecified atom stereocenters. The van der Waals surface area contributed by atoms with Gasteiger partial charge in [-0.3, -0.25) is 4.57 Å². The Morgan fingerprint density at radius 3 is 2.68 bits per heavy atom. The fourth-order valence-corrected chi connectivity index (χ4v) is 2.72. The summed E-state index contributed by atoms with van der Waals surface area (Å²) in [5.74, 6) is 0.207. The van der Waals surface area contributed by atoms with E-state index in [1.807, 2.05) is 19.1 Å². The van der Waals surface area contributed by atoms with Crippen LogP contribution in [0.1, 0.15) is 22.8 Å². The molecule has 2 aromatic carbocycles. The first-order valence-corrected chi connectivity index (χ1v) is 7.79. The topological polar surface area (TPSA) is 93.6 Å². The third-order valence-corrected chi connectivity index (χ3v) is 3.89. The molecule has 0 spiro atoms. The molecule has 0 atom stereocenters. The Morgan fingerprint density at radius 2 is 2.00 bits per heavy atom. The van der Waals surface area contributed by atoms with E-state index in [-0.39, 0.29) is 11.3 Å². The van der Waals surface area contributed by atoms with Gasteiger partial charge in [-0.25, -0.2) is 9.59 Å². The molecule has 1 heterocycles. The number of aromatic nitrogens is 2. The van der Waals surface area contributed by atoms with Gasteiger partial charge in [0.2, 0.25) is 0 Å². The molecule has 25 heavy (non-hydrogen) atoms. The lowest BCUT2D eigenvalue weighted by Crippen LogP contribution is -2.17. The first-order chi connectivity index (χ1) is 12.0. The molecule has 0 amide bonds. The predicted molar refractivity (Wildman–Crippen MR) is 92.8 cm³/mol. The van der Waals surface area contributed by atoms with Crippen molar-refractivity contribution < 1.29 is 19.4 Å².